The molecule has 4 nitrogen and oxygen atoms in total. The molecule has 2 N–H and O–H groups in total. The van der Waals surface area contributed by atoms with Crippen LogP contribution in [-0.2, 0) is 11.2 Å². The molecular formula is C13H14N2O2. The Hall–Kier alpha value is -1.86. The average Bonchev–Trinajstić information content (AvgIpc) is 3.10. The molecule has 0 aliphatic heterocycles. The third kappa shape index (κ3) is 2.83. The zero-order chi connectivity index (χ0) is 12.3. The second kappa shape index (κ2) is 4.56. The molecule has 88 valence electrons. The molecule has 1 aliphatic carbocycles. The van der Waals surface area contributed by atoms with Gasteiger partial charge in [0.05, 0.1) is 30.2 Å². The Kier molecular flexibility index (Phi) is 3.12. The van der Waals surface area contributed by atoms with Crippen molar-refractivity contribution >= 4 is 5.91 Å². The van der Waals surface area contributed by atoms with Gasteiger partial charge in [0.25, 0.3) is 0 Å². The van der Waals surface area contributed by atoms with Crippen molar-refractivity contribution in [2.45, 2.75) is 24.8 Å². The van der Waals surface area contributed by atoms with Crippen LogP contribution in [0.4, 0.5) is 0 Å². The molecule has 0 spiro atoms. The van der Waals surface area contributed by atoms with E-state index in [1.54, 1.807) is 24.3 Å². The molecule has 2 rings (SSSR count). The summed E-state index contributed by atoms with van der Waals surface area (Å²) in [4.78, 5) is 11.7. The van der Waals surface area contributed by atoms with Gasteiger partial charge in [-0.05, 0) is 30.5 Å². The molecule has 1 amide bonds. The number of aliphatic hydroxyl groups is 1. The molecule has 0 bridgehead atoms. The number of hydrogen-bond acceptors (Lipinski definition) is 3. The fourth-order valence-electron chi connectivity index (χ4n) is 1.70. The van der Waals surface area contributed by atoms with Gasteiger partial charge in [0.2, 0.25) is 5.91 Å². The average molecular weight is 230 g/mol. The number of benzene rings is 1. The summed E-state index contributed by atoms with van der Waals surface area (Å²) in [5, 5.41) is 20.6. The van der Waals surface area contributed by atoms with Gasteiger partial charge < -0.3 is 10.4 Å². The van der Waals surface area contributed by atoms with Crippen LogP contribution in [-0.4, -0.2) is 23.2 Å². The Labute approximate surface area is 99.9 Å². The topological polar surface area (TPSA) is 73.1 Å². The first-order valence-corrected chi connectivity index (χ1v) is 5.58. The zero-order valence-corrected chi connectivity index (χ0v) is 9.44. The summed E-state index contributed by atoms with van der Waals surface area (Å²) < 4.78 is 0. The van der Waals surface area contributed by atoms with Crippen LogP contribution in [0.25, 0.3) is 0 Å². The van der Waals surface area contributed by atoms with Gasteiger partial charge >= 0.3 is 0 Å². The Bertz CT molecular complexity index is 455. The fraction of sp³-hybridized carbons (Fsp3) is 0.385. The van der Waals surface area contributed by atoms with Gasteiger partial charge in [-0.15, -0.1) is 0 Å². The maximum absolute atomic E-state index is 11.7. The van der Waals surface area contributed by atoms with E-state index in [1.165, 1.54) is 0 Å². The second-order valence-electron chi connectivity index (χ2n) is 4.47. The molecule has 0 unspecified atom stereocenters. The van der Waals surface area contributed by atoms with Crippen LogP contribution in [0.3, 0.4) is 0 Å². The van der Waals surface area contributed by atoms with Crippen molar-refractivity contribution in [3.63, 3.8) is 0 Å². The minimum Gasteiger partial charge on any atom is -0.394 e. The lowest BCUT2D eigenvalue weighted by molar-refractivity contribution is -0.121. The summed E-state index contributed by atoms with van der Waals surface area (Å²) in [7, 11) is 0. The highest BCUT2D eigenvalue weighted by Crippen LogP contribution is 2.34. The highest BCUT2D eigenvalue weighted by Gasteiger charge is 2.43. The first-order chi connectivity index (χ1) is 8.17. The van der Waals surface area contributed by atoms with Gasteiger partial charge in [-0.2, -0.15) is 5.26 Å². The molecule has 17 heavy (non-hydrogen) atoms. The summed E-state index contributed by atoms with van der Waals surface area (Å²) in [6.07, 6.45) is 1.98. The summed E-state index contributed by atoms with van der Waals surface area (Å²) >= 11 is 0. The third-order valence-electron chi connectivity index (χ3n) is 3.01. The van der Waals surface area contributed by atoms with E-state index in [9.17, 15) is 4.79 Å². The zero-order valence-electron chi connectivity index (χ0n) is 9.44. The molecule has 0 aromatic heterocycles. The lowest BCUT2D eigenvalue weighted by Gasteiger charge is -2.14. The third-order valence-corrected chi connectivity index (χ3v) is 3.01. The number of amides is 1. The molecule has 1 aliphatic rings. The van der Waals surface area contributed by atoms with E-state index < -0.39 is 0 Å². The minimum atomic E-state index is -0.357. The number of aliphatic hydroxyl groups excluding tert-OH is 1. The summed E-state index contributed by atoms with van der Waals surface area (Å²) in [6.45, 7) is 0.00606. The molecule has 1 aromatic rings. The largest absolute Gasteiger partial charge is 0.394 e. The SMILES string of the molecule is N#Cc1ccc(CC(=O)NC2(CO)CC2)cc1. The van der Waals surface area contributed by atoms with Crippen molar-refractivity contribution in [2.24, 2.45) is 0 Å². The Morgan fingerprint density at radius 3 is 2.53 bits per heavy atom. The van der Waals surface area contributed by atoms with Crippen LogP contribution in [0.15, 0.2) is 24.3 Å². The van der Waals surface area contributed by atoms with Crippen molar-refractivity contribution in [1.82, 2.24) is 5.32 Å². The van der Waals surface area contributed by atoms with E-state index in [1.807, 2.05) is 6.07 Å². The number of carbonyl (C=O) groups is 1. The van der Waals surface area contributed by atoms with Crippen molar-refractivity contribution in [2.75, 3.05) is 6.61 Å². The number of carbonyl (C=O) groups excluding carboxylic acids is 1. The van der Waals surface area contributed by atoms with Gasteiger partial charge in [0.15, 0.2) is 0 Å². The molecule has 1 aromatic carbocycles. The van der Waals surface area contributed by atoms with Gasteiger partial charge in [-0.25, -0.2) is 0 Å². The Balaban J connectivity index is 1.92. The highest BCUT2D eigenvalue weighted by molar-refractivity contribution is 5.79. The van der Waals surface area contributed by atoms with Crippen LogP contribution in [0.2, 0.25) is 0 Å². The van der Waals surface area contributed by atoms with Crippen molar-refractivity contribution in [1.29, 1.82) is 5.26 Å². The molecule has 4 heteroatoms. The summed E-state index contributed by atoms with van der Waals surface area (Å²) in [6, 6.07) is 8.97. The molecule has 0 heterocycles. The van der Waals surface area contributed by atoms with Crippen LogP contribution in [0.5, 0.6) is 0 Å². The van der Waals surface area contributed by atoms with E-state index in [0.29, 0.717) is 5.56 Å². The Morgan fingerprint density at radius 2 is 2.06 bits per heavy atom. The molecule has 0 radical (unpaired) electrons. The lowest BCUT2D eigenvalue weighted by Crippen LogP contribution is -2.40. The monoisotopic (exact) mass is 230 g/mol. The number of hydrogen-bond donors (Lipinski definition) is 2. The molecule has 0 atom stereocenters. The van der Waals surface area contributed by atoms with Crippen molar-refractivity contribution in [3.05, 3.63) is 35.4 Å². The molecule has 1 saturated carbocycles. The first-order valence-electron chi connectivity index (χ1n) is 5.58. The lowest BCUT2D eigenvalue weighted by atomic mass is 10.1. The Morgan fingerprint density at radius 1 is 1.41 bits per heavy atom. The van der Waals surface area contributed by atoms with Crippen LogP contribution >= 0.6 is 0 Å². The van der Waals surface area contributed by atoms with Gasteiger partial charge in [-0.3, -0.25) is 4.79 Å². The van der Waals surface area contributed by atoms with E-state index in [0.717, 1.165) is 18.4 Å². The van der Waals surface area contributed by atoms with E-state index >= 15 is 0 Å². The fourth-order valence-corrected chi connectivity index (χ4v) is 1.70. The number of nitriles is 1. The number of rotatable bonds is 4. The normalized spacial score (nSPS) is 16.0. The summed E-state index contributed by atoms with van der Waals surface area (Å²) in [5.74, 6) is -0.0822. The van der Waals surface area contributed by atoms with Gasteiger partial charge in [-0.1, -0.05) is 12.1 Å². The predicted molar refractivity (Wildman–Crippen MR) is 62.1 cm³/mol. The quantitative estimate of drug-likeness (QED) is 0.801. The predicted octanol–water partition coefficient (Wildman–Crippen LogP) is 0.742. The van der Waals surface area contributed by atoms with Crippen LogP contribution in [0.1, 0.15) is 24.0 Å². The van der Waals surface area contributed by atoms with Gasteiger partial charge in [0.1, 0.15) is 0 Å². The summed E-state index contributed by atoms with van der Waals surface area (Å²) in [5.41, 5.74) is 1.10. The smallest absolute Gasteiger partial charge is 0.224 e. The van der Waals surface area contributed by atoms with Crippen LogP contribution in [0, 0.1) is 11.3 Å². The molecule has 0 saturated heterocycles. The van der Waals surface area contributed by atoms with E-state index in [-0.39, 0.29) is 24.5 Å². The number of nitrogens with zero attached hydrogens (tertiary/aromatic N) is 1. The van der Waals surface area contributed by atoms with E-state index in [2.05, 4.69) is 5.32 Å². The molecular weight excluding hydrogens is 216 g/mol. The van der Waals surface area contributed by atoms with Crippen molar-refractivity contribution in [3.8, 4) is 6.07 Å². The highest BCUT2D eigenvalue weighted by atomic mass is 16.3. The standard InChI is InChI=1S/C13H14N2O2/c14-8-11-3-1-10(2-4-11)7-12(17)15-13(9-16)5-6-13/h1-4,16H,5-7,9H2,(H,15,17). The molecule has 1 fully saturated rings. The second-order valence-corrected chi connectivity index (χ2v) is 4.47. The number of nitrogens with one attached hydrogen (secondary N) is 1. The van der Waals surface area contributed by atoms with E-state index in [4.69, 9.17) is 10.4 Å². The maximum Gasteiger partial charge on any atom is 0.224 e. The first kappa shape index (κ1) is 11.6. The maximum atomic E-state index is 11.7. The van der Waals surface area contributed by atoms with Crippen molar-refractivity contribution < 1.29 is 9.90 Å². The minimum absolute atomic E-state index is 0.00606. The van der Waals surface area contributed by atoms with Crippen LogP contribution < -0.4 is 5.32 Å². The van der Waals surface area contributed by atoms with Gasteiger partial charge in [0, 0.05) is 0 Å².